The summed E-state index contributed by atoms with van der Waals surface area (Å²) in [6.07, 6.45) is 0.470. The number of hydrogen-bond donors (Lipinski definition) is 3. The Kier molecular flexibility index (Phi) is 7.52. The number of carbonyl (C=O) groups is 2. The van der Waals surface area contributed by atoms with Crippen molar-refractivity contribution in [3.8, 4) is 11.5 Å². The van der Waals surface area contributed by atoms with Gasteiger partial charge in [-0.1, -0.05) is 26.0 Å². The minimum Gasteiger partial charge on any atom is -0.480 e. The van der Waals surface area contributed by atoms with Gasteiger partial charge < -0.3 is 14.9 Å². The summed E-state index contributed by atoms with van der Waals surface area (Å²) in [6, 6.07) is 10.4. The first kappa shape index (κ1) is 21.4. The van der Waals surface area contributed by atoms with Crippen LogP contribution in [-0.4, -0.2) is 34.2 Å². The Hall–Kier alpha value is -2.93. The van der Waals surface area contributed by atoms with Gasteiger partial charge in [-0.05, 0) is 60.7 Å². The van der Waals surface area contributed by atoms with Crippen LogP contribution in [0.25, 0.3) is 0 Å². The number of aliphatic carboxylic acids is 2. The van der Waals surface area contributed by atoms with Gasteiger partial charge in [0.15, 0.2) is 0 Å². The van der Waals surface area contributed by atoms with Crippen LogP contribution in [0.2, 0.25) is 0 Å². The molecule has 2 unspecified atom stereocenters. The lowest BCUT2D eigenvalue weighted by Gasteiger charge is -2.21. The van der Waals surface area contributed by atoms with Crippen molar-refractivity contribution >= 4 is 11.9 Å². The fourth-order valence-corrected chi connectivity index (χ4v) is 2.74. The predicted molar refractivity (Wildman–Crippen MR) is 102 cm³/mol. The topological polar surface area (TPSA) is 95.9 Å². The van der Waals surface area contributed by atoms with Crippen LogP contribution < -0.4 is 10.1 Å². The molecule has 0 bridgehead atoms. The Balaban J connectivity index is 2.03. The molecule has 2 aromatic carbocycles. The van der Waals surface area contributed by atoms with Gasteiger partial charge in [-0.25, -0.2) is 4.39 Å². The third kappa shape index (κ3) is 6.66. The molecule has 0 amide bonds. The lowest BCUT2D eigenvalue weighted by molar-refractivity contribution is -0.142. The zero-order valence-corrected chi connectivity index (χ0v) is 15.8. The van der Waals surface area contributed by atoms with Gasteiger partial charge in [-0.15, -0.1) is 0 Å². The largest absolute Gasteiger partial charge is 0.480 e. The molecule has 2 rings (SSSR count). The van der Waals surface area contributed by atoms with Gasteiger partial charge in [-0.2, -0.15) is 0 Å². The normalized spacial score (nSPS) is 13.1. The van der Waals surface area contributed by atoms with E-state index in [9.17, 15) is 24.2 Å². The first-order valence-corrected chi connectivity index (χ1v) is 8.98. The molecule has 6 nitrogen and oxygen atoms in total. The molecule has 28 heavy (non-hydrogen) atoms. The van der Waals surface area contributed by atoms with Crippen LogP contribution in [0.3, 0.4) is 0 Å². The van der Waals surface area contributed by atoms with Crippen molar-refractivity contribution in [2.24, 2.45) is 5.92 Å². The molecule has 0 radical (unpaired) electrons. The summed E-state index contributed by atoms with van der Waals surface area (Å²) in [5.41, 5.74) is 0.722. The van der Waals surface area contributed by atoms with Crippen LogP contribution in [0, 0.1) is 11.7 Å². The summed E-state index contributed by atoms with van der Waals surface area (Å²) in [4.78, 5) is 23.0. The van der Waals surface area contributed by atoms with Crippen LogP contribution in [0.1, 0.15) is 25.8 Å². The maximum absolute atomic E-state index is 12.9. The zero-order chi connectivity index (χ0) is 20.7. The van der Waals surface area contributed by atoms with Gasteiger partial charge in [0.25, 0.3) is 0 Å². The standard InChI is InChI=1S/C21H24FNO5/c1-13(2)11-18(20(24)25)23-19(21(26)27)12-14-3-7-16(8-4-14)28-17-9-5-15(22)6-10-17/h3-10,13,18-19,23H,11-12H2,1-2H3,(H,24,25)(H,26,27). The van der Waals surface area contributed by atoms with Gasteiger partial charge in [0.1, 0.15) is 29.4 Å². The Labute approximate surface area is 163 Å². The quantitative estimate of drug-likeness (QED) is 0.573. The lowest BCUT2D eigenvalue weighted by Crippen LogP contribution is -2.48. The summed E-state index contributed by atoms with van der Waals surface area (Å²) in [6.45, 7) is 3.76. The van der Waals surface area contributed by atoms with Gasteiger partial charge in [-0.3, -0.25) is 14.9 Å². The summed E-state index contributed by atoms with van der Waals surface area (Å²) in [7, 11) is 0. The van der Waals surface area contributed by atoms with E-state index in [0.717, 1.165) is 5.56 Å². The zero-order valence-electron chi connectivity index (χ0n) is 15.8. The van der Waals surface area contributed by atoms with E-state index in [1.165, 1.54) is 24.3 Å². The van der Waals surface area contributed by atoms with E-state index < -0.39 is 24.0 Å². The average Bonchev–Trinajstić information content (AvgIpc) is 2.63. The maximum atomic E-state index is 12.9. The highest BCUT2D eigenvalue weighted by atomic mass is 19.1. The Morgan fingerprint density at radius 3 is 1.89 bits per heavy atom. The molecule has 2 atom stereocenters. The average molecular weight is 389 g/mol. The number of rotatable bonds is 10. The fourth-order valence-electron chi connectivity index (χ4n) is 2.74. The smallest absolute Gasteiger partial charge is 0.321 e. The summed E-state index contributed by atoms with van der Waals surface area (Å²) in [5, 5.41) is 21.5. The van der Waals surface area contributed by atoms with E-state index in [4.69, 9.17) is 4.74 Å². The van der Waals surface area contributed by atoms with Crippen molar-refractivity contribution in [2.45, 2.75) is 38.8 Å². The Bertz CT molecular complexity index is 789. The van der Waals surface area contributed by atoms with Gasteiger partial charge in [0.05, 0.1) is 0 Å². The Morgan fingerprint density at radius 2 is 1.43 bits per heavy atom. The molecule has 0 saturated heterocycles. The SMILES string of the molecule is CC(C)CC(NC(Cc1ccc(Oc2ccc(F)cc2)cc1)C(=O)O)C(=O)O. The molecular formula is C21H24FNO5. The van der Waals surface area contributed by atoms with Crippen molar-refractivity contribution in [3.63, 3.8) is 0 Å². The van der Waals surface area contributed by atoms with Crippen LogP contribution in [0.4, 0.5) is 4.39 Å². The maximum Gasteiger partial charge on any atom is 0.321 e. The van der Waals surface area contributed by atoms with E-state index in [1.54, 1.807) is 24.3 Å². The van der Waals surface area contributed by atoms with Gasteiger partial charge >= 0.3 is 11.9 Å². The summed E-state index contributed by atoms with van der Waals surface area (Å²) >= 11 is 0. The van der Waals surface area contributed by atoms with E-state index in [1.807, 2.05) is 13.8 Å². The molecule has 0 aromatic heterocycles. The third-order valence-electron chi connectivity index (χ3n) is 4.12. The van der Waals surface area contributed by atoms with Crippen molar-refractivity contribution < 1.29 is 28.9 Å². The van der Waals surface area contributed by atoms with Crippen LogP contribution in [0.5, 0.6) is 11.5 Å². The van der Waals surface area contributed by atoms with Crippen molar-refractivity contribution in [2.75, 3.05) is 0 Å². The second kappa shape index (κ2) is 9.85. The van der Waals surface area contributed by atoms with Crippen LogP contribution in [0.15, 0.2) is 48.5 Å². The first-order valence-electron chi connectivity index (χ1n) is 8.98. The number of nitrogens with one attached hydrogen (secondary N) is 1. The van der Waals surface area contributed by atoms with Crippen LogP contribution >= 0.6 is 0 Å². The molecule has 150 valence electrons. The predicted octanol–water partition coefficient (Wildman–Crippen LogP) is 3.70. The van der Waals surface area contributed by atoms with Crippen molar-refractivity contribution in [1.29, 1.82) is 0 Å². The Morgan fingerprint density at radius 1 is 0.929 bits per heavy atom. The highest BCUT2D eigenvalue weighted by molar-refractivity contribution is 5.77. The second-order valence-electron chi connectivity index (χ2n) is 6.98. The minimum absolute atomic E-state index is 0.117. The molecule has 0 saturated carbocycles. The first-order chi connectivity index (χ1) is 13.2. The molecular weight excluding hydrogens is 365 g/mol. The highest BCUT2D eigenvalue weighted by Crippen LogP contribution is 2.22. The highest BCUT2D eigenvalue weighted by Gasteiger charge is 2.26. The van der Waals surface area contributed by atoms with E-state index in [2.05, 4.69) is 5.32 Å². The summed E-state index contributed by atoms with van der Waals surface area (Å²) in [5.74, 6) is -1.40. The molecule has 0 heterocycles. The number of carboxylic acids is 2. The van der Waals surface area contributed by atoms with Gasteiger partial charge in [0.2, 0.25) is 0 Å². The minimum atomic E-state index is -1.11. The molecule has 0 aliphatic heterocycles. The number of benzene rings is 2. The molecule has 0 aliphatic rings. The van der Waals surface area contributed by atoms with Gasteiger partial charge in [0, 0.05) is 0 Å². The molecule has 0 fully saturated rings. The molecule has 2 aromatic rings. The van der Waals surface area contributed by atoms with E-state index in [-0.39, 0.29) is 18.2 Å². The second-order valence-corrected chi connectivity index (χ2v) is 6.98. The number of halogens is 1. The van der Waals surface area contributed by atoms with E-state index >= 15 is 0 Å². The number of carboxylic acid groups (broad SMARTS) is 2. The van der Waals surface area contributed by atoms with Crippen LogP contribution in [-0.2, 0) is 16.0 Å². The van der Waals surface area contributed by atoms with Crippen molar-refractivity contribution in [1.82, 2.24) is 5.32 Å². The molecule has 0 aliphatic carbocycles. The number of ether oxygens (including phenoxy) is 1. The molecule has 0 spiro atoms. The van der Waals surface area contributed by atoms with Crippen molar-refractivity contribution in [3.05, 3.63) is 59.9 Å². The number of hydrogen-bond acceptors (Lipinski definition) is 4. The van der Waals surface area contributed by atoms with E-state index in [0.29, 0.717) is 17.9 Å². The third-order valence-corrected chi connectivity index (χ3v) is 4.12. The molecule has 3 N–H and O–H groups in total. The summed E-state index contributed by atoms with van der Waals surface area (Å²) < 4.78 is 18.5. The lowest BCUT2D eigenvalue weighted by atomic mass is 10.0. The molecule has 7 heteroatoms. The fraction of sp³-hybridized carbons (Fsp3) is 0.333. The monoisotopic (exact) mass is 389 g/mol.